The van der Waals surface area contributed by atoms with E-state index in [0.717, 1.165) is 23.1 Å². The minimum atomic E-state index is -4.55. The van der Waals surface area contributed by atoms with Crippen molar-refractivity contribution in [1.82, 2.24) is 14.4 Å². The molecule has 0 unspecified atom stereocenters. The second-order valence-electron chi connectivity index (χ2n) is 12.3. The molecule has 12 heteroatoms. The van der Waals surface area contributed by atoms with Crippen LogP contribution in [0.4, 0.5) is 22.0 Å². The number of nitrogens with zero attached hydrogens (tertiary/aromatic N) is 3. The van der Waals surface area contributed by atoms with Crippen LogP contribution in [0.15, 0.2) is 101 Å². The molecule has 0 spiro atoms. The molecule has 2 heterocycles. The Morgan fingerprint density at radius 3 is 2.40 bits per heavy atom. The van der Waals surface area contributed by atoms with Crippen LogP contribution in [-0.2, 0) is 34.5 Å². The Morgan fingerprint density at radius 2 is 1.72 bits per heavy atom. The summed E-state index contributed by atoms with van der Waals surface area (Å²) in [5.74, 6) is -4.23. The van der Waals surface area contributed by atoms with Crippen molar-refractivity contribution in [3.05, 3.63) is 135 Å². The first-order valence-electron chi connectivity index (χ1n) is 21.9. The van der Waals surface area contributed by atoms with E-state index in [9.17, 15) is 29.5 Å². The number of benzene rings is 4. The van der Waals surface area contributed by atoms with Crippen molar-refractivity contribution < 1.29 is 46.6 Å². The number of carbonyl (C=O) groups excluding carboxylic acids is 1. The zero-order valence-corrected chi connectivity index (χ0v) is 29.1. The van der Waals surface area contributed by atoms with Crippen LogP contribution in [0.3, 0.4) is 0 Å². The first-order chi connectivity index (χ1) is 29.7. The Bertz CT molecular complexity index is 2620. The van der Waals surface area contributed by atoms with Gasteiger partial charge in [0, 0.05) is 64.7 Å². The number of ether oxygens (including phenoxy) is 1. The standard InChI is InChI=1S/C41H40F5N3O3S/c1-27-6-15-34-36(22-27)49(39(23-37(34)50)53-26-31-4-3-5-35(42)40(31)43)25-38(51)48(33-16-18-47(19-17-33)20-21-52-2)24-28-7-9-29(10-8-28)30-11-13-32(14-12-30)41(44,45)46/h3-15,22-23,33H,16-21,24-26H2,1-2H3/i2D3,6D,15D,20D2,22D,23D,25D2. The van der Waals surface area contributed by atoms with Gasteiger partial charge in [-0.25, -0.2) is 8.78 Å². The van der Waals surface area contributed by atoms with E-state index in [1.807, 2.05) is 0 Å². The average Bonchev–Trinajstić information content (AvgIpc) is 3.24. The molecule has 0 radical (unpaired) electrons. The molecule has 0 aliphatic carbocycles. The number of aromatic nitrogens is 1. The molecule has 1 saturated heterocycles. The van der Waals surface area contributed by atoms with Crippen LogP contribution >= 0.6 is 11.8 Å². The number of fused-ring (bicyclic) bond motifs is 1. The Balaban J connectivity index is 1.45. The van der Waals surface area contributed by atoms with Gasteiger partial charge in [0.2, 0.25) is 5.91 Å². The van der Waals surface area contributed by atoms with Crippen molar-refractivity contribution in [2.45, 2.75) is 55.8 Å². The maximum Gasteiger partial charge on any atom is 0.416 e. The summed E-state index contributed by atoms with van der Waals surface area (Å²) in [6.07, 6.45) is -4.53. The number of rotatable bonds is 12. The highest BCUT2D eigenvalue weighted by atomic mass is 32.2. The average molecular weight is 761 g/mol. The highest BCUT2D eigenvalue weighted by Gasteiger charge is 2.31. The number of likely N-dealkylation sites (tertiary alicyclic amines) is 1. The van der Waals surface area contributed by atoms with Crippen LogP contribution in [0.5, 0.6) is 0 Å². The molecule has 0 bridgehead atoms. The lowest BCUT2D eigenvalue weighted by Gasteiger charge is -2.39. The molecule has 278 valence electrons. The molecule has 1 fully saturated rings. The summed E-state index contributed by atoms with van der Waals surface area (Å²) in [5, 5.41) is -1.26. The Hall–Kier alpha value is -4.52. The fourth-order valence-electron chi connectivity index (χ4n) is 5.99. The summed E-state index contributed by atoms with van der Waals surface area (Å²) in [5.41, 5.74) is -1.64. The van der Waals surface area contributed by atoms with Crippen LogP contribution in [-0.4, -0.2) is 59.5 Å². The third-order valence-electron chi connectivity index (χ3n) is 8.77. The van der Waals surface area contributed by atoms with Gasteiger partial charge in [-0.15, -0.1) is 11.8 Å². The van der Waals surface area contributed by atoms with E-state index in [1.54, 1.807) is 24.3 Å². The number of hydrogen-bond donors (Lipinski definition) is 0. The maximum absolute atomic E-state index is 15.1. The van der Waals surface area contributed by atoms with Gasteiger partial charge in [-0.3, -0.25) is 9.59 Å². The molecule has 4 aromatic carbocycles. The summed E-state index contributed by atoms with van der Waals surface area (Å²) < 4.78 is 167. The zero-order valence-electron chi connectivity index (χ0n) is 39.2. The largest absolute Gasteiger partial charge is 0.416 e. The number of pyridine rings is 1. The number of piperidine rings is 1. The number of thioether (sulfide) groups is 1. The van der Waals surface area contributed by atoms with Gasteiger partial charge >= 0.3 is 6.18 Å². The number of methoxy groups -OCH3 is 1. The van der Waals surface area contributed by atoms with E-state index < -0.39 is 113 Å². The first-order valence-corrected chi connectivity index (χ1v) is 17.4. The van der Waals surface area contributed by atoms with Gasteiger partial charge in [0.15, 0.2) is 17.1 Å². The summed E-state index contributed by atoms with van der Waals surface area (Å²) >= 11 is 0.514. The lowest BCUT2D eigenvalue weighted by molar-refractivity contribution is -0.137. The molecule has 0 atom stereocenters. The van der Waals surface area contributed by atoms with Gasteiger partial charge in [-0.1, -0.05) is 54.6 Å². The molecular formula is C41H40F5N3O3S. The van der Waals surface area contributed by atoms with E-state index in [2.05, 4.69) is 0 Å². The maximum atomic E-state index is 15.1. The first kappa shape index (κ1) is 26.3. The summed E-state index contributed by atoms with van der Waals surface area (Å²) in [6, 6.07) is 10.4. The van der Waals surface area contributed by atoms with Crippen molar-refractivity contribution in [1.29, 1.82) is 0 Å². The molecule has 0 saturated carbocycles. The van der Waals surface area contributed by atoms with Gasteiger partial charge in [-0.05, 0) is 72.3 Å². The third kappa shape index (κ3) is 9.17. The quantitative estimate of drug-likeness (QED) is 0.0942. The summed E-state index contributed by atoms with van der Waals surface area (Å²) in [7, 11) is -2.88. The summed E-state index contributed by atoms with van der Waals surface area (Å²) in [6.45, 7) is -5.57. The van der Waals surface area contributed by atoms with E-state index in [1.165, 1.54) is 36.1 Å². The van der Waals surface area contributed by atoms with Gasteiger partial charge in [0.25, 0.3) is 0 Å². The second kappa shape index (κ2) is 16.7. The summed E-state index contributed by atoms with van der Waals surface area (Å²) in [4.78, 5) is 31.4. The fraction of sp³-hybridized carbons (Fsp3) is 0.317. The van der Waals surface area contributed by atoms with Crippen molar-refractivity contribution >= 4 is 28.6 Å². The second-order valence-corrected chi connectivity index (χ2v) is 13.3. The van der Waals surface area contributed by atoms with E-state index >= 15 is 4.79 Å². The Kier molecular flexibility index (Phi) is 8.26. The molecule has 6 rings (SSSR count). The van der Waals surface area contributed by atoms with Gasteiger partial charge in [-0.2, -0.15) is 13.2 Å². The van der Waals surface area contributed by atoms with E-state index in [-0.39, 0.29) is 43.6 Å². The normalized spacial score (nSPS) is 18.0. The van der Waals surface area contributed by atoms with Crippen molar-refractivity contribution in [2.24, 2.45) is 0 Å². The predicted molar refractivity (Wildman–Crippen MR) is 198 cm³/mol. The van der Waals surface area contributed by atoms with Crippen LogP contribution in [0.2, 0.25) is 0 Å². The molecule has 53 heavy (non-hydrogen) atoms. The number of carbonyl (C=O) groups is 1. The number of alkyl halides is 3. The smallest absolute Gasteiger partial charge is 0.383 e. The number of amides is 1. The molecule has 1 aliphatic heterocycles. The van der Waals surface area contributed by atoms with E-state index in [0.29, 0.717) is 33.0 Å². The highest BCUT2D eigenvalue weighted by molar-refractivity contribution is 7.98. The van der Waals surface area contributed by atoms with Crippen LogP contribution in [0.1, 0.15) is 50.2 Å². The molecule has 1 aliphatic rings. The lowest BCUT2D eigenvalue weighted by Crippen LogP contribution is -2.48. The number of halogens is 5. The van der Waals surface area contributed by atoms with Crippen LogP contribution in [0, 0.1) is 18.6 Å². The van der Waals surface area contributed by atoms with Crippen molar-refractivity contribution in [2.75, 3.05) is 33.2 Å². The predicted octanol–water partition coefficient (Wildman–Crippen LogP) is 8.71. The lowest BCUT2D eigenvalue weighted by atomic mass is 10.00. The molecule has 1 amide bonds. The molecular weight excluding hydrogens is 710 g/mol. The monoisotopic (exact) mass is 760 g/mol. The van der Waals surface area contributed by atoms with Crippen molar-refractivity contribution in [3.8, 4) is 11.1 Å². The third-order valence-corrected chi connectivity index (χ3v) is 9.79. The van der Waals surface area contributed by atoms with Crippen LogP contribution < -0.4 is 5.43 Å². The SMILES string of the molecule is [2H]c1c(C)c([2H])c2c(c1[2H])c(=O)c([2H])c(SCc1cccc(F)c1F)n2C([2H])([2H])C(=O)N(Cc1ccc(-c2ccc(C(F)(F)F)cc2)cc1)C1CCN(C([2H])([2H])COC([2H])([2H])[2H])CC1. The van der Waals surface area contributed by atoms with E-state index in [4.69, 9.17) is 17.1 Å². The minimum absolute atomic E-state index is 0.00959. The fourth-order valence-corrected chi connectivity index (χ4v) is 6.93. The molecule has 5 aromatic rings. The minimum Gasteiger partial charge on any atom is -0.383 e. The van der Waals surface area contributed by atoms with Gasteiger partial charge in [0.1, 0.15) is 6.50 Å². The molecule has 0 N–H and O–H groups in total. The highest BCUT2D eigenvalue weighted by Crippen LogP contribution is 2.32. The topological polar surface area (TPSA) is 54.8 Å². The molecule has 1 aromatic heterocycles. The molecule has 6 nitrogen and oxygen atoms in total. The number of hydrogen-bond acceptors (Lipinski definition) is 5. The van der Waals surface area contributed by atoms with Gasteiger partial charge < -0.3 is 19.1 Å². The van der Waals surface area contributed by atoms with Crippen LogP contribution in [0.25, 0.3) is 22.0 Å². The Morgan fingerprint density at radius 1 is 1.02 bits per heavy atom. The Labute approximate surface area is 324 Å². The van der Waals surface area contributed by atoms with Gasteiger partial charge in [0.05, 0.1) is 35.0 Å². The zero-order chi connectivity index (χ0) is 47.3. The van der Waals surface area contributed by atoms with Crippen molar-refractivity contribution in [3.63, 3.8) is 0 Å².